The molecule has 0 saturated carbocycles. The molecule has 0 radical (unpaired) electrons. The first-order valence-electron chi connectivity index (χ1n) is 9.49. The zero-order chi connectivity index (χ0) is 19.2. The number of ether oxygens (including phenoxy) is 1. The molecule has 0 spiro atoms. The molecule has 146 valence electrons. The van der Waals surface area contributed by atoms with Gasteiger partial charge >= 0.3 is 0 Å². The second kappa shape index (κ2) is 8.90. The van der Waals surface area contributed by atoms with Crippen molar-refractivity contribution >= 4 is 5.82 Å². The van der Waals surface area contributed by atoms with Crippen LogP contribution in [0.5, 0.6) is 0 Å². The minimum atomic E-state index is 0.143. The van der Waals surface area contributed by atoms with E-state index in [2.05, 4.69) is 36.4 Å². The van der Waals surface area contributed by atoms with Gasteiger partial charge in [-0.1, -0.05) is 11.2 Å². The van der Waals surface area contributed by atoms with E-state index in [0.29, 0.717) is 24.9 Å². The van der Waals surface area contributed by atoms with Crippen LogP contribution >= 0.6 is 0 Å². The Morgan fingerprint density at radius 1 is 1.29 bits per heavy atom. The van der Waals surface area contributed by atoms with Crippen LogP contribution in [-0.4, -0.2) is 51.8 Å². The Hall–Kier alpha value is -2.84. The van der Waals surface area contributed by atoms with Crippen molar-refractivity contribution in [3.63, 3.8) is 0 Å². The van der Waals surface area contributed by atoms with Gasteiger partial charge in [0.15, 0.2) is 0 Å². The lowest BCUT2D eigenvalue weighted by Crippen LogP contribution is -2.23. The van der Waals surface area contributed by atoms with Crippen molar-refractivity contribution in [2.24, 2.45) is 0 Å². The molecular formula is C20H24N6O2. The molecule has 1 saturated heterocycles. The average molecular weight is 380 g/mol. The van der Waals surface area contributed by atoms with Gasteiger partial charge in [-0.25, -0.2) is 4.98 Å². The fourth-order valence-corrected chi connectivity index (χ4v) is 3.42. The molecule has 8 heteroatoms. The van der Waals surface area contributed by atoms with Crippen molar-refractivity contribution < 1.29 is 9.26 Å². The van der Waals surface area contributed by atoms with E-state index in [9.17, 15) is 0 Å². The summed E-state index contributed by atoms with van der Waals surface area (Å²) >= 11 is 0. The molecule has 1 unspecified atom stereocenters. The maximum absolute atomic E-state index is 5.60. The molecule has 0 aliphatic carbocycles. The normalized spacial score (nSPS) is 17.1. The average Bonchev–Trinajstić information content (AvgIpc) is 3.39. The monoisotopic (exact) mass is 380 g/mol. The number of likely N-dealkylation sites (tertiary alicyclic amines) is 1. The van der Waals surface area contributed by atoms with Gasteiger partial charge in [-0.3, -0.25) is 9.88 Å². The van der Waals surface area contributed by atoms with Crippen LogP contribution in [0.1, 0.15) is 30.3 Å². The van der Waals surface area contributed by atoms with Crippen LogP contribution in [0, 0.1) is 0 Å². The van der Waals surface area contributed by atoms with Gasteiger partial charge in [-0.15, -0.1) is 0 Å². The zero-order valence-electron chi connectivity index (χ0n) is 15.9. The molecule has 3 aromatic rings. The molecule has 1 aliphatic rings. The summed E-state index contributed by atoms with van der Waals surface area (Å²) in [6.07, 6.45) is 7.59. The van der Waals surface area contributed by atoms with Crippen molar-refractivity contribution in [1.29, 1.82) is 0 Å². The smallest absolute Gasteiger partial charge is 0.244 e. The Morgan fingerprint density at radius 3 is 3.04 bits per heavy atom. The molecule has 4 rings (SSSR count). The Labute approximate surface area is 164 Å². The first-order valence-corrected chi connectivity index (χ1v) is 9.49. The summed E-state index contributed by atoms with van der Waals surface area (Å²) < 4.78 is 10.6. The minimum Gasteiger partial charge on any atom is -0.383 e. The molecule has 1 fully saturated rings. The molecule has 0 amide bonds. The molecule has 28 heavy (non-hydrogen) atoms. The van der Waals surface area contributed by atoms with E-state index in [4.69, 9.17) is 9.26 Å². The van der Waals surface area contributed by atoms with Crippen molar-refractivity contribution in [3.05, 3.63) is 54.3 Å². The topological polar surface area (TPSA) is 89.2 Å². The second-order valence-corrected chi connectivity index (χ2v) is 6.80. The lowest BCUT2D eigenvalue weighted by molar-refractivity contribution is 0.201. The Balaban J connectivity index is 1.43. The van der Waals surface area contributed by atoms with Gasteiger partial charge in [0, 0.05) is 44.4 Å². The Morgan fingerprint density at radius 2 is 2.25 bits per heavy atom. The molecule has 4 heterocycles. The summed E-state index contributed by atoms with van der Waals surface area (Å²) in [5, 5.41) is 7.36. The summed E-state index contributed by atoms with van der Waals surface area (Å²) in [7, 11) is 1.67. The van der Waals surface area contributed by atoms with Crippen molar-refractivity contribution in [1.82, 2.24) is 25.0 Å². The van der Waals surface area contributed by atoms with Crippen LogP contribution in [0.2, 0.25) is 0 Å². The maximum atomic E-state index is 5.60. The number of hydrogen-bond donors (Lipinski definition) is 1. The molecular weight excluding hydrogens is 356 g/mol. The van der Waals surface area contributed by atoms with Gasteiger partial charge < -0.3 is 14.6 Å². The van der Waals surface area contributed by atoms with Gasteiger partial charge in [0.1, 0.15) is 5.82 Å². The predicted octanol–water partition coefficient (Wildman–Crippen LogP) is 2.92. The molecule has 1 aliphatic heterocycles. The van der Waals surface area contributed by atoms with E-state index >= 15 is 0 Å². The summed E-state index contributed by atoms with van der Waals surface area (Å²) in [4.78, 5) is 15.6. The molecule has 8 nitrogen and oxygen atoms in total. The van der Waals surface area contributed by atoms with Crippen molar-refractivity contribution in [2.75, 3.05) is 32.1 Å². The summed E-state index contributed by atoms with van der Waals surface area (Å²) in [5.74, 6) is 2.03. The van der Waals surface area contributed by atoms with Gasteiger partial charge in [0.25, 0.3) is 0 Å². The first kappa shape index (κ1) is 18.5. The van der Waals surface area contributed by atoms with E-state index in [1.165, 1.54) is 5.56 Å². The van der Waals surface area contributed by atoms with Crippen LogP contribution in [0.3, 0.4) is 0 Å². The number of nitrogens with zero attached hydrogens (tertiary/aromatic N) is 5. The lowest BCUT2D eigenvalue weighted by atomic mass is 10.2. The number of aromatic nitrogens is 4. The van der Waals surface area contributed by atoms with Crippen LogP contribution in [0.25, 0.3) is 11.4 Å². The van der Waals surface area contributed by atoms with Gasteiger partial charge in [0.2, 0.25) is 11.7 Å². The SMILES string of the molecule is COCCNc1ccc(-c2noc(C3CCCN3Cc3cccnc3)n2)cn1. The molecule has 0 bridgehead atoms. The van der Waals surface area contributed by atoms with Crippen molar-refractivity contribution in [2.45, 2.75) is 25.4 Å². The Bertz CT molecular complexity index is 868. The Kier molecular flexibility index (Phi) is 5.89. The number of nitrogens with one attached hydrogen (secondary N) is 1. The number of anilines is 1. The van der Waals surface area contributed by atoms with E-state index in [0.717, 1.165) is 37.3 Å². The molecule has 1 N–H and O–H groups in total. The largest absolute Gasteiger partial charge is 0.383 e. The van der Waals surface area contributed by atoms with Crippen LogP contribution < -0.4 is 5.32 Å². The summed E-state index contributed by atoms with van der Waals surface area (Å²) in [6.45, 7) is 3.19. The van der Waals surface area contributed by atoms with Gasteiger partial charge in [-0.05, 0) is 43.1 Å². The second-order valence-electron chi connectivity index (χ2n) is 6.80. The fraction of sp³-hybridized carbons (Fsp3) is 0.400. The number of methoxy groups -OCH3 is 1. The standard InChI is InChI=1S/C20H24N6O2/c1-27-11-9-22-18-7-6-16(13-23-18)19-24-20(28-25-19)17-5-3-10-26(17)14-15-4-2-8-21-12-15/h2,4,6-8,12-13,17H,3,5,9-11,14H2,1H3,(H,22,23). The zero-order valence-corrected chi connectivity index (χ0v) is 15.9. The highest BCUT2D eigenvalue weighted by molar-refractivity contribution is 5.55. The van der Waals surface area contributed by atoms with Gasteiger partial charge in [0.05, 0.1) is 12.6 Å². The van der Waals surface area contributed by atoms with Gasteiger partial charge in [-0.2, -0.15) is 4.98 Å². The van der Waals surface area contributed by atoms with E-state index in [1.807, 2.05) is 24.4 Å². The van der Waals surface area contributed by atoms with E-state index < -0.39 is 0 Å². The third kappa shape index (κ3) is 4.35. The molecule has 3 aromatic heterocycles. The highest BCUT2D eigenvalue weighted by Crippen LogP contribution is 2.33. The van der Waals surface area contributed by atoms with Crippen LogP contribution in [0.15, 0.2) is 47.4 Å². The third-order valence-electron chi connectivity index (χ3n) is 4.83. The fourth-order valence-electron chi connectivity index (χ4n) is 3.42. The number of hydrogen-bond acceptors (Lipinski definition) is 8. The van der Waals surface area contributed by atoms with Crippen LogP contribution in [-0.2, 0) is 11.3 Å². The highest BCUT2D eigenvalue weighted by atomic mass is 16.5. The van der Waals surface area contributed by atoms with Crippen molar-refractivity contribution in [3.8, 4) is 11.4 Å². The van der Waals surface area contributed by atoms with E-state index in [-0.39, 0.29) is 6.04 Å². The first-order chi connectivity index (χ1) is 13.8. The highest BCUT2D eigenvalue weighted by Gasteiger charge is 2.30. The summed E-state index contributed by atoms with van der Waals surface area (Å²) in [5.41, 5.74) is 2.03. The quantitative estimate of drug-likeness (QED) is 0.597. The third-order valence-corrected chi connectivity index (χ3v) is 4.83. The van der Waals surface area contributed by atoms with E-state index in [1.54, 1.807) is 19.5 Å². The number of rotatable bonds is 8. The molecule has 0 aromatic carbocycles. The minimum absolute atomic E-state index is 0.143. The lowest BCUT2D eigenvalue weighted by Gasteiger charge is -2.21. The molecule has 1 atom stereocenters. The van der Waals surface area contributed by atoms with Crippen LogP contribution in [0.4, 0.5) is 5.82 Å². The maximum Gasteiger partial charge on any atom is 0.244 e. The number of pyridine rings is 2. The summed E-state index contributed by atoms with van der Waals surface area (Å²) in [6, 6.07) is 8.05. The predicted molar refractivity (Wildman–Crippen MR) is 105 cm³/mol.